The number of oxazole rings is 1. The van der Waals surface area contributed by atoms with Crippen LogP contribution in [-0.4, -0.2) is 37.9 Å². The second kappa shape index (κ2) is 11.0. The number of benzene rings is 2. The molecule has 3 rings (SSSR count). The molecule has 2 aromatic carbocycles. The molecule has 0 saturated heterocycles. The molecule has 1 heterocycles. The molecule has 7 nitrogen and oxygen atoms in total. The topological polar surface area (TPSA) is 80.0 Å². The highest BCUT2D eigenvalue weighted by atomic mass is 35.5. The van der Waals surface area contributed by atoms with Crippen molar-refractivity contribution >= 4 is 17.6 Å². The lowest BCUT2D eigenvalue weighted by atomic mass is 10.1. The van der Waals surface area contributed by atoms with Crippen molar-refractivity contribution in [1.82, 2.24) is 4.98 Å². The molecule has 0 saturated carbocycles. The van der Waals surface area contributed by atoms with E-state index in [0.29, 0.717) is 46.9 Å². The molecule has 0 unspecified atom stereocenters. The van der Waals surface area contributed by atoms with Crippen LogP contribution in [0.5, 0.6) is 11.5 Å². The van der Waals surface area contributed by atoms with E-state index in [1.54, 1.807) is 19.2 Å². The van der Waals surface area contributed by atoms with Crippen molar-refractivity contribution < 1.29 is 28.2 Å². The number of ether oxygens (including phenoxy) is 4. The maximum atomic E-state index is 11.9. The zero-order chi connectivity index (χ0) is 23.1. The van der Waals surface area contributed by atoms with Gasteiger partial charge >= 0.3 is 5.97 Å². The Labute approximate surface area is 192 Å². The third kappa shape index (κ3) is 5.60. The highest BCUT2D eigenvalue weighted by Crippen LogP contribution is 2.31. The molecule has 32 heavy (non-hydrogen) atoms. The van der Waals surface area contributed by atoms with Crippen molar-refractivity contribution in [2.45, 2.75) is 33.0 Å². The van der Waals surface area contributed by atoms with Gasteiger partial charge in [-0.15, -0.1) is 0 Å². The van der Waals surface area contributed by atoms with E-state index < -0.39 is 12.1 Å². The number of rotatable bonds is 10. The van der Waals surface area contributed by atoms with E-state index in [1.165, 1.54) is 7.11 Å². The van der Waals surface area contributed by atoms with Crippen molar-refractivity contribution in [2.24, 2.45) is 0 Å². The molecule has 0 aliphatic heterocycles. The first-order chi connectivity index (χ1) is 15.5. The lowest BCUT2D eigenvalue weighted by Gasteiger charge is -2.16. The number of aromatic nitrogens is 1. The molecule has 0 fully saturated rings. The molecule has 0 aliphatic carbocycles. The Balaban J connectivity index is 1.69. The summed E-state index contributed by atoms with van der Waals surface area (Å²) in [5.41, 5.74) is 2.21. The second-order valence-corrected chi connectivity index (χ2v) is 7.34. The Morgan fingerprint density at radius 2 is 1.97 bits per heavy atom. The van der Waals surface area contributed by atoms with Gasteiger partial charge in [0.15, 0.2) is 6.10 Å². The fourth-order valence-corrected chi connectivity index (χ4v) is 3.42. The summed E-state index contributed by atoms with van der Waals surface area (Å²) in [6, 6.07) is 12.8. The summed E-state index contributed by atoms with van der Waals surface area (Å²) in [7, 11) is 2.94. The van der Waals surface area contributed by atoms with Crippen molar-refractivity contribution in [3.05, 3.63) is 64.5 Å². The molecule has 8 heteroatoms. The number of methoxy groups -OCH3 is 2. The minimum atomic E-state index is -0.708. The molecule has 3 aromatic rings. The molecule has 1 aromatic heterocycles. The van der Waals surface area contributed by atoms with E-state index >= 15 is 0 Å². The van der Waals surface area contributed by atoms with E-state index in [9.17, 15) is 4.79 Å². The number of halogens is 1. The monoisotopic (exact) mass is 459 g/mol. The molecule has 0 aliphatic rings. The molecule has 0 N–H and O–H groups in total. The Morgan fingerprint density at radius 3 is 2.66 bits per heavy atom. The van der Waals surface area contributed by atoms with Crippen LogP contribution in [0, 0.1) is 6.92 Å². The Kier molecular flexibility index (Phi) is 8.14. The van der Waals surface area contributed by atoms with Gasteiger partial charge in [-0.25, -0.2) is 9.78 Å². The normalized spacial score (nSPS) is 11.8. The van der Waals surface area contributed by atoms with Gasteiger partial charge in [-0.05, 0) is 43.7 Å². The minimum absolute atomic E-state index is 0.212. The van der Waals surface area contributed by atoms with Crippen LogP contribution >= 0.6 is 11.6 Å². The quantitative estimate of drug-likeness (QED) is 0.394. The summed E-state index contributed by atoms with van der Waals surface area (Å²) in [6.07, 6.45) is -0.398. The average Bonchev–Trinajstić information content (AvgIpc) is 3.18. The van der Waals surface area contributed by atoms with Gasteiger partial charge in [-0.3, -0.25) is 0 Å². The smallest absolute Gasteiger partial charge is 0.335 e. The van der Waals surface area contributed by atoms with Crippen LogP contribution in [0.2, 0.25) is 5.02 Å². The summed E-state index contributed by atoms with van der Waals surface area (Å²) in [4.78, 5) is 16.4. The van der Waals surface area contributed by atoms with Crippen molar-refractivity contribution in [3.8, 4) is 23.0 Å². The number of hydrogen-bond donors (Lipinski definition) is 0. The molecule has 0 spiro atoms. The van der Waals surface area contributed by atoms with Crippen LogP contribution in [0.25, 0.3) is 11.5 Å². The molecule has 0 radical (unpaired) electrons. The number of nitrogens with zero attached hydrogens (tertiary/aromatic N) is 1. The van der Waals surface area contributed by atoms with Crippen LogP contribution in [0.15, 0.2) is 46.9 Å². The number of carbonyl (C=O) groups excluding carboxylic acids is 1. The highest BCUT2D eigenvalue weighted by Gasteiger charge is 2.21. The van der Waals surface area contributed by atoms with Gasteiger partial charge < -0.3 is 23.4 Å². The summed E-state index contributed by atoms with van der Waals surface area (Å²) in [5.74, 6) is 1.95. The fourth-order valence-electron chi connectivity index (χ4n) is 3.18. The van der Waals surface area contributed by atoms with Crippen molar-refractivity contribution in [3.63, 3.8) is 0 Å². The lowest BCUT2D eigenvalue weighted by Crippen LogP contribution is -2.28. The van der Waals surface area contributed by atoms with E-state index in [4.69, 9.17) is 35.0 Å². The van der Waals surface area contributed by atoms with Gasteiger partial charge in [-0.1, -0.05) is 29.8 Å². The van der Waals surface area contributed by atoms with Gasteiger partial charge in [0, 0.05) is 18.1 Å². The van der Waals surface area contributed by atoms with E-state index in [2.05, 4.69) is 4.98 Å². The SMILES string of the molecule is CCO[C@@H](Cc1ccc(OCc2nc(-c3ccccc3OC)oc2C)cc1Cl)C(=O)OC. The van der Waals surface area contributed by atoms with Gasteiger partial charge in [0.25, 0.3) is 0 Å². The number of aryl methyl sites for hydroxylation is 1. The molecule has 170 valence electrons. The van der Waals surface area contributed by atoms with E-state index in [-0.39, 0.29) is 6.61 Å². The van der Waals surface area contributed by atoms with Gasteiger partial charge in [0.1, 0.15) is 29.6 Å². The summed E-state index contributed by atoms with van der Waals surface area (Å²) >= 11 is 6.42. The molecular weight excluding hydrogens is 434 g/mol. The minimum Gasteiger partial charge on any atom is -0.496 e. The summed E-state index contributed by atoms with van der Waals surface area (Å²) in [5, 5.41) is 0.475. The highest BCUT2D eigenvalue weighted by molar-refractivity contribution is 6.31. The number of carbonyl (C=O) groups is 1. The van der Waals surface area contributed by atoms with E-state index in [1.807, 2.05) is 44.2 Å². The van der Waals surface area contributed by atoms with Crippen LogP contribution in [0.4, 0.5) is 0 Å². The van der Waals surface area contributed by atoms with Crippen LogP contribution in [0.1, 0.15) is 23.9 Å². The number of hydrogen-bond acceptors (Lipinski definition) is 7. The number of esters is 1. The van der Waals surface area contributed by atoms with Crippen LogP contribution < -0.4 is 9.47 Å². The maximum Gasteiger partial charge on any atom is 0.335 e. The second-order valence-electron chi connectivity index (χ2n) is 6.94. The number of para-hydroxylation sites is 1. The molecule has 0 amide bonds. The fraction of sp³-hybridized carbons (Fsp3) is 0.333. The summed E-state index contributed by atoms with van der Waals surface area (Å²) in [6.45, 7) is 4.26. The van der Waals surface area contributed by atoms with Crippen molar-refractivity contribution in [1.29, 1.82) is 0 Å². The standard InChI is InChI=1S/C24H26ClNO6/c1-5-30-22(24(27)29-4)12-16-10-11-17(13-19(16)25)31-14-20-15(2)32-23(26-20)18-8-6-7-9-21(18)28-3/h6-11,13,22H,5,12,14H2,1-4H3/t22-/m0/s1. The first-order valence-electron chi connectivity index (χ1n) is 10.2. The molecule has 1 atom stereocenters. The lowest BCUT2D eigenvalue weighted by molar-refractivity contribution is -0.153. The zero-order valence-electron chi connectivity index (χ0n) is 18.5. The molecular formula is C24H26ClNO6. The van der Waals surface area contributed by atoms with Gasteiger partial charge in [0.05, 0.1) is 19.8 Å². The maximum absolute atomic E-state index is 11.9. The third-order valence-corrected chi connectivity index (χ3v) is 5.22. The van der Waals surface area contributed by atoms with Crippen molar-refractivity contribution in [2.75, 3.05) is 20.8 Å². The first kappa shape index (κ1) is 23.6. The Bertz CT molecular complexity index is 1060. The first-order valence-corrected chi connectivity index (χ1v) is 10.5. The van der Waals surface area contributed by atoms with Gasteiger partial charge in [0.2, 0.25) is 5.89 Å². The molecule has 0 bridgehead atoms. The van der Waals surface area contributed by atoms with E-state index in [0.717, 1.165) is 11.1 Å². The third-order valence-electron chi connectivity index (χ3n) is 4.87. The largest absolute Gasteiger partial charge is 0.496 e. The van der Waals surface area contributed by atoms with Crippen LogP contribution in [0.3, 0.4) is 0 Å². The van der Waals surface area contributed by atoms with Crippen LogP contribution in [-0.2, 0) is 27.3 Å². The Hall–Kier alpha value is -3.03. The summed E-state index contributed by atoms with van der Waals surface area (Å²) < 4.78 is 27.3. The average molecular weight is 460 g/mol. The predicted octanol–water partition coefficient (Wildman–Crippen LogP) is 5.01. The van der Waals surface area contributed by atoms with Gasteiger partial charge in [-0.2, -0.15) is 0 Å². The zero-order valence-corrected chi connectivity index (χ0v) is 19.3. The Morgan fingerprint density at radius 1 is 1.19 bits per heavy atom. The predicted molar refractivity (Wildman–Crippen MR) is 120 cm³/mol.